The van der Waals surface area contributed by atoms with Crippen molar-refractivity contribution in [1.29, 1.82) is 0 Å². The maximum absolute atomic E-state index is 11.7. The molecule has 1 atom stereocenters. The Labute approximate surface area is 98.8 Å². The van der Waals surface area contributed by atoms with Crippen LogP contribution in [0, 0.1) is 6.92 Å². The van der Waals surface area contributed by atoms with Gasteiger partial charge in [0.1, 0.15) is 0 Å². The van der Waals surface area contributed by atoms with E-state index >= 15 is 0 Å². The highest BCUT2D eigenvalue weighted by Gasteiger charge is 2.28. The predicted octanol–water partition coefficient (Wildman–Crippen LogP) is 3.18. The molecule has 1 rings (SSSR count). The lowest BCUT2D eigenvalue weighted by Gasteiger charge is -2.15. The van der Waals surface area contributed by atoms with E-state index in [1.54, 1.807) is 0 Å². The molecule has 1 aromatic carbocycles. The van der Waals surface area contributed by atoms with Crippen LogP contribution in [-0.4, -0.2) is 19.5 Å². The van der Waals surface area contributed by atoms with E-state index in [1.165, 1.54) is 0 Å². The van der Waals surface area contributed by atoms with Gasteiger partial charge in [-0.15, -0.1) is 13.2 Å². The number of ether oxygens (including phenoxy) is 1. The van der Waals surface area contributed by atoms with Crippen molar-refractivity contribution in [1.82, 2.24) is 5.32 Å². The number of halogens is 3. The van der Waals surface area contributed by atoms with Gasteiger partial charge in [0.05, 0.1) is 6.61 Å². The van der Waals surface area contributed by atoms with Crippen LogP contribution in [0.4, 0.5) is 13.2 Å². The molecular formula is C12H16F3NO. The molecule has 0 fully saturated rings. The molecule has 0 radical (unpaired) electrons. The highest BCUT2D eigenvalue weighted by molar-refractivity contribution is 5.24. The minimum absolute atomic E-state index is 0.00623. The third-order valence-electron chi connectivity index (χ3n) is 2.36. The number of rotatable bonds is 5. The van der Waals surface area contributed by atoms with E-state index in [9.17, 15) is 13.2 Å². The zero-order valence-electron chi connectivity index (χ0n) is 9.84. The van der Waals surface area contributed by atoms with Crippen molar-refractivity contribution in [3.63, 3.8) is 0 Å². The van der Waals surface area contributed by atoms with E-state index in [2.05, 4.69) is 10.1 Å². The summed E-state index contributed by atoms with van der Waals surface area (Å²) in [6.07, 6.45) is -4.55. The molecule has 2 nitrogen and oxygen atoms in total. The molecule has 0 saturated carbocycles. The fourth-order valence-electron chi connectivity index (χ4n) is 1.50. The molecule has 96 valence electrons. The molecule has 0 unspecified atom stereocenters. The Balaban J connectivity index is 2.33. The SMILES string of the molecule is Cc1cccc([C@@H](C)NCCOC(F)(F)F)c1. The first kappa shape index (κ1) is 14.0. The van der Waals surface area contributed by atoms with Crippen molar-refractivity contribution in [3.05, 3.63) is 35.4 Å². The van der Waals surface area contributed by atoms with E-state index in [-0.39, 0.29) is 19.2 Å². The zero-order valence-corrected chi connectivity index (χ0v) is 9.84. The first-order valence-corrected chi connectivity index (χ1v) is 5.39. The van der Waals surface area contributed by atoms with E-state index < -0.39 is 6.36 Å². The lowest BCUT2D eigenvalue weighted by Crippen LogP contribution is -2.26. The molecular weight excluding hydrogens is 231 g/mol. The lowest BCUT2D eigenvalue weighted by atomic mass is 10.1. The van der Waals surface area contributed by atoms with Crippen LogP contribution < -0.4 is 5.32 Å². The summed E-state index contributed by atoms with van der Waals surface area (Å²) in [6.45, 7) is 3.67. The Kier molecular flexibility index (Phi) is 4.96. The van der Waals surface area contributed by atoms with Crippen molar-refractivity contribution in [2.45, 2.75) is 26.3 Å². The largest absolute Gasteiger partial charge is 0.522 e. The van der Waals surface area contributed by atoms with Gasteiger partial charge in [-0.25, -0.2) is 0 Å². The third kappa shape index (κ3) is 5.70. The standard InChI is InChI=1S/C12H16F3NO/c1-9-4-3-5-11(8-9)10(2)16-6-7-17-12(13,14)15/h3-5,8,10,16H,6-7H2,1-2H3/t10-/m1/s1. The summed E-state index contributed by atoms with van der Waals surface area (Å²) in [7, 11) is 0. The second kappa shape index (κ2) is 6.02. The minimum Gasteiger partial charge on any atom is -0.308 e. The van der Waals surface area contributed by atoms with Crippen molar-refractivity contribution in [3.8, 4) is 0 Å². The summed E-state index contributed by atoms with van der Waals surface area (Å²) in [5.41, 5.74) is 2.18. The summed E-state index contributed by atoms with van der Waals surface area (Å²) in [6, 6.07) is 7.85. The van der Waals surface area contributed by atoms with Gasteiger partial charge in [-0.05, 0) is 19.4 Å². The van der Waals surface area contributed by atoms with Gasteiger partial charge in [0, 0.05) is 12.6 Å². The van der Waals surface area contributed by atoms with Gasteiger partial charge in [-0.2, -0.15) is 0 Å². The van der Waals surface area contributed by atoms with Crippen molar-refractivity contribution in [2.24, 2.45) is 0 Å². The normalized spacial score (nSPS) is 13.7. The van der Waals surface area contributed by atoms with E-state index in [4.69, 9.17) is 0 Å². The fourth-order valence-corrected chi connectivity index (χ4v) is 1.50. The average molecular weight is 247 g/mol. The molecule has 0 aliphatic rings. The minimum atomic E-state index is -4.55. The summed E-state index contributed by atoms with van der Waals surface area (Å²) in [4.78, 5) is 0. The van der Waals surface area contributed by atoms with Gasteiger partial charge < -0.3 is 5.32 Å². The Morgan fingerprint density at radius 2 is 2.06 bits per heavy atom. The summed E-state index contributed by atoms with van der Waals surface area (Å²) >= 11 is 0. The third-order valence-corrected chi connectivity index (χ3v) is 2.36. The molecule has 0 aromatic heterocycles. The Morgan fingerprint density at radius 3 is 2.65 bits per heavy atom. The number of nitrogens with one attached hydrogen (secondary N) is 1. The smallest absolute Gasteiger partial charge is 0.308 e. The highest BCUT2D eigenvalue weighted by Crippen LogP contribution is 2.16. The van der Waals surface area contributed by atoms with Crippen LogP contribution in [0.5, 0.6) is 0 Å². The Morgan fingerprint density at radius 1 is 1.35 bits per heavy atom. The number of benzene rings is 1. The van der Waals surface area contributed by atoms with Crippen molar-refractivity contribution in [2.75, 3.05) is 13.2 Å². The first-order valence-electron chi connectivity index (χ1n) is 5.39. The van der Waals surface area contributed by atoms with Crippen molar-refractivity contribution >= 4 is 0 Å². The van der Waals surface area contributed by atoms with Gasteiger partial charge in [0.25, 0.3) is 0 Å². The van der Waals surface area contributed by atoms with Crippen LogP contribution >= 0.6 is 0 Å². The average Bonchev–Trinajstić information content (AvgIpc) is 2.23. The van der Waals surface area contributed by atoms with Crippen molar-refractivity contribution < 1.29 is 17.9 Å². The number of aryl methyl sites for hydroxylation is 1. The zero-order chi connectivity index (χ0) is 12.9. The highest BCUT2D eigenvalue weighted by atomic mass is 19.4. The fraction of sp³-hybridized carbons (Fsp3) is 0.500. The molecule has 0 heterocycles. The topological polar surface area (TPSA) is 21.3 Å². The maximum Gasteiger partial charge on any atom is 0.522 e. The van der Waals surface area contributed by atoms with Crippen LogP contribution in [0.25, 0.3) is 0 Å². The predicted molar refractivity (Wildman–Crippen MR) is 59.6 cm³/mol. The van der Waals surface area contributed by atoms with Gasteiger partial charge >= 0.3 is 6.36 Å². The van der Waals surface area contributed by atoms with E-state index in [0.29, 0.717) is 0 Å². The quantitative estimate of drug-likeness (QED) is 0.807. The van der Waals surface area contributed by atoms with Crippen LogP contribution in [0.1, 0.15) is 24.1 Å². The molecule has 0 aliphatic carbocycles. The molecule has 0 amide bonds. The van der Waals surface area contributed by atoms with Crippen LogP contribution in [0.3, 0.4) is 0 Å². The second-order valence-electron chi connectivity index (χ2n) is 3.88. The number of hydrogen-bond acceptors (Lipinski definition) is 2. The Hall–Kier alpha value is -1.07. The van der Waals surface area contributed by atoms with E-state index in [1.807, 2.05) is 38.1 Å². The van der Waals surface area contributed by atoms with Gasteiger partial charge in [0.2, 0.25) is 0 Å². The van der Waals surface area contributed by atoms with E-state index in [0.717, 1.165) is 11.1 Å². The summed E-state index contributed by atoms with van der Waals surface area (Å²) in [5.74, 6) is 0. The second-order valence-corrected chi connectivity index (χ2v) is 3.88. The molecule has 0 saturated heterocycles. The number of alkyl halides is 3. The molecule has 1 N–H and O–H groups in total. The Bertz CT molecular complexity index is 352. The van der Waals surface area contributed by atoms with Crippen LogP contribution in [0.2, 0.25) is 0 Å². The van der Waals surface area contributed by atoms with Crippen LogP contribution in [-0.2, 0) is 4.74 Å². The maximum atomic E-state index is 11.7. The van der Waals surface area contributed by atoms with Gasteiger partial charge in [0.15, 0.2) is 0 Å². The first-order chi connectivity index (χ1) is 7.88. The summed E-state index contributed by atoms with van der Waals surface area (Å²) < 4.78 is 38.8. The molecule has 1 aromatic rings. The molecule has 0 aliphatic heterocycles. The molecule has 0 spiro atoms. The molecule has 17 heavy (non-hydrogen) atoms. The van der Waals surface area contributed by atoms with Gasteiger partial charge in [-0.1, -0.05) is 29.8 Å². The molecule has 0 bridgehead atoms. The molecule has 5 heteroatoms. The van der Waals surface area contributed by atoms with Crippen LogP contribution in [0.15, 0.2) is 24.3 Å². The lowest BCUT2D eigenvalue weighted by molar-refractivity contribution is -0.323. The monoisotopic (exact) mass is 247 g/mol. The summed E-state index contributed by atoms with van der Waals surface area (Å²) in [5, 5.41) is 2.97. The van der Waals surface area contributed by atoms with Gasteiger partial charge in [-0.3, -0.25) is 4.74 Å². The number of hydrogen-bond donors (Lipinski definition) is 1.